The minimum absolute atomic E-state index is 0.239. The summed E-state index contributed by atoms with van der Waals surface area (Å²) in [6.07, 6.45) is 6.49. The zero-order valence-corrected chi connectivity index (χ0v) is 18.2. The summed E-state index contributed by atoms with van der Waals surface area (Å²) < 4.78 is 1.85. The lowest BCUT2D eigenvalue weighted by Crippen LogP contribution is -2.46. The fourth-order valence-corrected chi connectivity index (χ4v) is 3.99. The van der Waals surface area contributed by atoms with Gasteiger partial charge in [0.2, 0.25) is 0 Å². The van der Waals surface area contributed by atoms with Gasteiger partial charge in [-0.2, -0.15) is 5.10 Å². The van der Waals surface area contributed by atoms with Gasteiger partial charge in [0.15, 0.2) is 5.96 Å². The molecule has 0 aliphatic carbocycles. The number of aliphatic imine (C=N–C) groups is 1. The highest BCUT2D eigenvalue weighted by molar-refractivity contribution is 5.79. The van der Waals surface area contributed by atoms with Gasteiger partial charge in [-0.05, 0) is 39.0 Å². The number of likely N-dealkylation sites (N-methyl/N-ethyl adjacent to an activating group) is 1. The molecule has 0 bridgehead atoms. The van der Waals surface area contributed by atoms with Gasteiger partial charge in [-0.15, -0.1) is 0 Å². The standard InChI is InChI=1S/C22H35N7/c1-23-22(25-15-21(27(2)3)19-13-26-28(4)17-19)24-14-20-11-8-12-29(20)16-18-9-6-5-7-10-18/h5-7,9-10,13,17,20-21H,8,11-12,14-16H2,1-4H3,(H2,23,24,25). The van der Waals surface area contributed by atoms with Crippen LogP contribution < -0.4 is 10.6 Å². The second-order valence-electron chi connectivity index (χ2n) is 8.01. The molecule has 2 N–H and O–H groups in total. The third-order valence-electron chi connectivity index (χ3n) is 5.65. The van der Waals surface area contributed by atoms with Gasteiger partial charge in [-0.1, -0.05) is 30.3 Å². The first-order chi connectivity index (χ1) is 14.1. The molecule has 0 radical (unpaired) electrons. The Kier molecular flexibility index (Phi) is 7.66. The van der Waals surface area contributed by atoms with Crippen LogP contribution in [0.15, 0.2) is 47.7 Å². The van der Waals surface area contributed by atoms with Crippen molar-refractivity contribution in [3.63, 3.8) is 0 Å². The van der Waals surface area contributed by atoms with E-state index in [1.807, 2.05) is 25.0 Å². The molecule has 1 aliphatic rings. The molecule has 1 aromatic heterocycles. The van der Waals surface area contributed by atoms with Gasteiger partial charge in [0.1, 0.15) is 0 Å². The fraction of sp³-hybridized carbons (Fsp3) is 0.545. The molecular formula is C22H35N7. The van der Waals surface area contributed by atoms with Gasteiger partial charge in [0.05, 0.1) is 12.2 Å². The maximum Gasteiger partial charge on any atom is 0.191 e. The van der Waals surface area contributed by atoms with E-state index < -0.39 is 0 Å². The van der Waals surface area contributed by atoms with Gasteiger partial charge in [-0.25, -0.2) is 0 Å². The second kappa shape index (κ2) is 10.4. The van der Waals surface area contributed by atoms with Crippen molar-refractivity contribution < 1.29 is 0 Å². The van der Waals surface area contributed by atoms with Crippen LogP contribution in [-0.4, -0.2) is 72.4 Å². The average Bonchev–Trinajstić information content (AvgIpc) is 3.34. The highest BCUT2D eigenvalue weighted by Gasteiger charge is 2.24. The van der Waals surface area contributed by atoms with Crippen LogP contribution in [0.2, 0.25) is 0 Å². The topological polar surface area (TPSA) is 60.7 Å². The quantitative estimate of drug-likeness (QED) is 0.526. The first-order valence-corrected chi connectivity index (χ1v) is 10.4. The summed E-state index contributed by atoms with van der Waals surface area (Å²) in [5.74, 6) is 0.854. The molecule has 2 aromatic rings. The summed E-state index contributed by atoms with van der Waals surface area (Å²) in [5.41, 5.74) is 2.58. The van der Waals surface area contributed by atoms with Crippen LogP contribution in [0, 0.1) is 0 Å². The number of aromatic nitrogens is 2. The SMILES string of the molecule is CN=C(NCC(c1cnn(C)c1)N(C)C)NCC1CCCN1Cc1ccccc1. The minimum Gasteiger partial charge on any atom is -0.355 e. The molecule has 158 valence electrons. The van der Waals surface area contributed by atoms with Crippen molar-refractivity contribution in [2.75, 3.05) is 40.8 Å². The molecular weight excluding hydrogens is 362 g/mol. The van der Waals surface area contributed by atoms with E-state index >= 15 is 0 Å². The minimum atomic E-state index is 0.239. The largest absolute Gasteiger partial charge is 0.355 e. The Morgan fingerprint density at radius 2 is 2.07 bits per heavy atom. The zero-order chi connectivity index (χ0) is 20.6. The molecule has 3 rings (SSSR count). The maximum absolute atomic E-state index is 4.42. The predicted molar refractivity (Wildman–Crippen MR) is 119 cm³/mol. The zero-order valence-electron chi connectivity index (χ0n) is 18.2. The summed E-state index contributed by atoms with van der Waals surface area (Å²) in [6, 6.07) is 11.5. The van der Waals surface area contributed by atoms with E-state index in [-0.39, 0.29) is 6.04 Å². The normalized spacial score (nSPS) is 18.9. The Hall–Kier alpha value is -2.38. The summed E-state index contributed by atoms with van der Waals surface area (Å²) in [6.45, 7) is 3.86. The summed E-state index contributed by atoms with van der Waals surface area (Å²) in [5, 5.41) is 11.3. The van der Waals surface area contributed by atoms with Crippen LogP contribution in [0.3, 0.4) is 0 Å². The molecule has 7 nitrogen and oxygen atoms in total. The molecule has 1 aromatic carbocycles. The van der Waals surface area contributed by atoms with E-state index in [0.717, 1.165) is 32.1 Å². The Morgan fingerprint density at radius 3 is 2.72 bits per heavy atom. The summed E-state index contributed by atoms with van der Waals surface area (Å²) in [4.78, 5) is 9.21. The monoisotopic (exact) mass is 397 g/mol. The number of hydrogen-bond donors (Lipinski definition) is 2. The van der Waals surface area contributed by atoms with Crippen molar-refractivity contribution in [1.29, 1.82) is 0 Å². The van der Waals surface area contributed by atoms with E-state index in [2.05, 4.69) is 81.1 Å². The van der Waals surface area contributed by atoms with Crippen molar-refractivity contribution >= 4 is 5.96 Å². The van der Waals surface area contributed by atoms with Gasteiger partial charge in [-0.3, -0.25) is 14.6 Å². The first kappa shape index (κ1) is 21.3. The highest BCUT2D eigenvalue weighted by Crippen LogP contribution is 2.19. The van der Waals surface area contributed by atoms with Crippen LogP contribution in [0.4, 0.5) is 0 Å². The molecule has 0 spiro atoms. The van der Waals surface area contributed by atoms with Crippen LogP contribution in [0.25, 0.3) is 0 Å². The fourth-order valence-electron chi connectivity index (χ4n) is 3.99. The van der Waals surface area contributed by atoms with Crippen molar-refractivity contribution in [2.45, 2.75) is 31.5 Å². The molecule has 29 heavy (non-hydrogen) atoms. The highest BCUT2D eigenvalue weighted by atomic mass is 15.3. The lowest BCUT2D eigenvalue weighted by atomic mass is 10.1. The number of rotatable bonds is 8. The molecule has 2 unspecified atom stereocenters. The maximum atomic E-state index is 4.42. The Balaban J connectivity index is 1.50. The van der Waals surface area contributed by atoms with Crippen molar-refractivity contribution in [2.24, 2.45) is 12.0 Å². The van der Waals surface area contributed by atoms with E-state index in [9.17, 15) is 0 Å². The third kappa shape index (κ3) is 6.05. The molecule has 0 saturated carbocycles. The number of nitrogens with one attached hydrogen (secondary N) is 2. The lowest BCUT2D eigenvalue weighted by molar-refractivity contribution is 0.245. The van der Waals surface area contributed by atoms with Gasteiger partial charge >= 0.3 is 0 Å². The van der Waals surface area contributed by atoms with Crippen molar-refractivity contribution in [3.05, 3.63) is 53.9 Å². The number of nitrogens with zero attached hydrogens (tertiary/aromatic N) is 5. The molecule has 2 atom stereocenters. The molecule has 0 amide bonds. The summed E-state index contributed by atoms with van der Waals surface area (Å²) in [7, 11) is 7.97. The molecule has 1 saturated heterocycles. The van der Waals surface area contributed by atoms with Crippen LogP contribution in [0.1, 0.15) is 30.0 Å². The van der Waals surface area contributed by atoms with E-state index in [4.69, 9.17) is 0 Å². The molecule has 1 aliphatic heterocycles. The Morgan fingerprint density at radius 1 is 1.28 bits per heavy atom. The van der Waals surface area contributed by atoms with E-state index in [0.29, 0.717) is 6.04 Å². The van der Waals surface area contributed by atoms with E-state index in [1.165, 1.54) is 24.0 Å². The number of guanidine groups is 1. The van der Waals surface area contributed by atoms with Gasteiger partial charge in [0, 0.05) is 51.5 Å². The summed E-state index contributed by atoms with van der Waals surface area (Å²) >= 11 is 0. The van der Waals surface area contributed by atoms with Gasteiger partial charge < -0.3 is 15.5 Å². The number of benzene rings is 1. The second-order valence-corrected chi connectivity index (χ2v) is 8.01. The lowest BCUT2D eigenvalue weighted by Gasteiger charge is -2.27. The van der Waals surface area contributed by atoms with Crippen molar-refractivity contribution in [1.82, 2.24) is 30.2 Å². The van der Waals surface area contributed by atoms with Crippen LogP contribution in [0.5, 0.6) is 0 Å². The van der Waals surface area contributed by atoms with Crippen LogP contribution in [-0.2, 0) is 13.6 Å². The predicted octanol–water partition coefficient (Wildman–Crippen LogP) is 1.85. The smallest absolute Gasteiger partial charge is 0.191 e. The number of hydrogen-bond acceptors (Lipinski definition) is 4. The molecule has 1 fully saturated rings. The average molecular weight is 398 g/mol. The Labute approximate surface area is 174 Å². The number of aryl methyl sites for hydroxylation is 1. The first-order valence-electron chi connectivity index (χ1n) is 10.4. The van der Waals surface area contributed by atoms with Gasteiger partial charge in [0.25, 0.3) is 0 Å². The third-order valence-corrected chi connectivity index (χ3v) is 5.65. The van der Waals surface area contributed by atoms with E-state index in [1.54, 1.807) is 0 Å². The van der Waals surface area contributed by atoms with Crippen LogP contribution >= 0.6 is 0 Å². The molecule has 7 heteroatoms. The molecule has 2 heterocycles. The Bertz CT molecular complexity index is 768. The van der Waals surface area contributed by atoms with Crippen molar-refractivity contribution in [3.8, 4) is 0 Å². The number of likely N-dealkylation sites (tertiary alicyclic amines) is 1.